The van der Waals surface area contributed by atoms with Crippen LogP contribution in [0.25, 0.3) is 11.1 Å². The fourth-order valence-electron chi connectivity index (χ4n) is 4.62. The molecule has 10 heteroatoms. The van der Waals surface area contributed by atoms with Crippen LogP contribution in [0.3, 0.4) is 0 Å². The van der Waals surface area contributed by atoms with Gasteiger partial charge in [0.1, 0.15) is 11.5 Å². The fourth-order valence-corrected chi connectivity index (χ4v) is 5.80. The number of hydrogen-bond acceptors (Lipinski definition) is 4. The van der Waals surface area contributed by atoms with E-state index in [1.54, 1.807) is 12.1 Å². The average molecular weight is 624 g/mol. The number of rotatable bonds is 16. The number of hydrogen-bond donors (Lipinski definition) is 1. The molecule has 0 fully saturated rings. The summed E-state index contributed by atoms with van der Waals surface area (Å²) in [6.45, 7) is 3.65. The van der Waals surface area contributed by atoms with Gasteiger partial charge in [-0.1, -0.05) is 61.5 Å². The first-order chi connectivity index (χ1) is 20.4. The van der Waals surface area contributed by atoms with Crippen molar-refractivity contribution < 1.29 is 36.0 Å². The van der Waals surface area contributed by atoms with Crippen LogP contribution >= 0.6 is 0 Å². The molecule has 3 aromatic carbocycles. The SMILES string of the molecule is CC/C(=C(/c1ccc(O)cc1)c1ccc(OCCCN(C)CCS(=O)CCCC(F)(F)C(F)(F)F)cc1)c1ccccc1. The second-order valence-electron chi connectivity index (χ2n) is 10.3. The Morgan fingerprint density at radius 1 is 0.814 bits per heavy atom. The van der Waals surface area contributed by atoms with Crippen molar-refractivity contribution in [2.45, 2.75) is 44.7 Å². The number of ether oxygens (including phenoxy) is 1. The molecule has 4 nitrogen and oxygen atoms in total. The minimum Gasteiger partial charge on any atom is -0.508 e. The van der Waals surface area contributed by atoms with Gasteiger partial charge in [-0.2, -0.15) is 22.0 Å². The Kier molecular flexibility index (Phi) is 12.7. The maximum atomic E-state index is 13.0. The predicted octanol–water partition coefficient (Wildman–Crippen LogP) is 8.19. The van der Waals surface area contributed by atoms with Crippen LogP contribution in [0.2, 0.25) is 0 Å². The molecule has 0 heterocycles. The molecule has 1 unspecified atom stereocenters. The number of nitrogens with zero attached hydrogens (tertiary/aromatic N) is 1. The number of halogens is 5. The van der Waals surface area contributed by atoms with Gasteiger partial charge < -0.3 is 14.7 Å². The van der Waals surface area contributed by atoms with E-state index in [1.807, 2.05) is 66.5 Å². The van der Waals surface area contributed by atoms with E-state index < -0.39 is 35.7 Å². The molecule has 3 rings (SSSR count). The van der Waals surface area contributed by atoms with Gasteiger partial charge in [0.25, 0.3) is 0 Å². The van der Waals surface area contributed by atoms with E-state index in [9.17, 15) is 31.3 Å². The highest BCUT2D eigenvalue weighted by Crippen LogP contribution is 2.39. The molecule has 0 saturated carbocycles. The van der Waals surface area contributed by atoms with Crippen molar-refractivity contribution in [3.63, 3.8) is 0 Å². The second kappa shape index (κ2) is 16.0. The third-order valence-corrected chi connectivity index (χ3v) is 8.39. The van der Waals surface area contributed by atoms with E-state index in [1.165, 1.54) is 5.57 Å². The number of phenols is 1. The summed E-state index contributed by atoms with van der Waals surface area (Å²) in [5, 5.41) is 9.82. The third kappa shape index (κ3) is 10.5. The Labute approximate surface area is 252 Å². The van der Waals surface area contributed by atoms with Crippen LogP contribution in [0, 0.1) is 0 Å². The minimum absolute atomic E-state index is 0.187. The molecule has 3 aromatic rings. The highest BCUT2D eigenvalue weighted by Gasteiger charge is 2.56. The lowest BCUT2D eigenvalue weighted by Gasteiger charge is -2.19. The Balaban J connectivity index is 1.51. The quantitative estimate of drug-likeness (QED) is 0.0993. The largest absolute Gasteiger partial charge is 0.508 e. The molecule has 0 spiro atoms. The summed E-state index contributed by atoms with van der Waals surface area (Å²) < 4.78 is 80.7. The first kappa shape index (κ1) is 34.3. The summed E-state index contributed by atoms with van der Waals surface area (Å²) in [5.41, 5.74) is 5.41. The second-order valence-corrected chi connectivity index (χ2v) is 12.0. The van der Waals surface area contributed by atoms with Crippen LogP contribution in [-0.2, 0) is 10.8 Å². The van der Waals surface area contributed by atoms with Crippen molar-refractivity contribution >= 4 is 21.9 Å². The number of alkyl halides is 5. The van der Waals surface area contributed by atoms with E-state index in [0.717, 1.165) is 28.7 Å². The van der Waals surface area contributed by atoms with Gasteiger partial charge in [-0.3, -0.25) is 4.21 Å². The molecular formula is C33H38F5NO3S. The maximum Gasteiger partial charge on any atom is 0.453 e. The van der Waals surface area contributed by atoms with Crippen molar-refractivity contribution in [1.29, 1.82) is 0 Å². The van der Waals surface area contributed by atoms with Gasteiger partial charge >= 0.3 is 12.1 Å². The lowest BCUT2D eigenvalue weighted by atomic mass is 9.88. The Bertz CT molecular complexity index is 1330. The van der Waals surface area contributed by atoms with Gasteiger partial charge in [0.15, 0.2) is 0 Å². The molecule has 1 N–H and O–H groups in total. The fraction of sp³-hybridized carbons (Fsp3) is 0.394. The molecule has 1 atom stereocenters. The van der Waals surface area contributed by atoms with Crippen molar-refractivity contribution in [2.24, 2.45) is 0 Å². The molecule has 0 aliphatic rings. The van der Waals surface area contributed by atoms with Gasteiger partial charge in [-0.25, -0.2) is 0 Å². The first-order valence-corrected chi connectivity index (χ1v) is 15.7. The number of allylic oxidation sites excluding steroid dienone is 1. The molecule has 0 aliphatic heterocycles. The van der Waals surface area contributed by atoms with Gasteiger partial charge in [0.05, 0.1) is 6.61 Å². The summed E-state index contributed by atoms with van der Waals surface area (Å²) in [5.74, 6) is -3.81. The Morgan fingerprint density at radius 3 is 2.00 bits per heavy atom. The molecule has 0 radical (unpaired) electrons. The molecule has 0 saturated heterocycles. The van der Waals surface area contributed by atoms with Crippen LogP contribution in [0.4, 0.5) is 22.0 Å². The van der Waals surface area contributed by atoms with Gasteiger partial charge in [-0.15, -0.1) is 0 Å². The van der Waals surface area contributed by atoms with Crippen LogP contribution in [-0.4, -0.2) is 64.6 Å². The topological polar surface area (TPSA) is 49.8 Å². The number of benzene rings is 3. The first-order valence-electron chi connectivity index (χ1n) is 14.2. The highest BCUT2D eigenvalue weighted by molar-refractivity contribution is 7.84. The zero-order valence-corrected chi connectivity index (χ0v) is 25.2. The maximum absolute atomic E-state index is 13.0. The summed E-state index contributed by atoms with van der Waals surface area (Å²) in [7, 11) is 0.365. The zero-order chi connectivity index (χ0) is 31.5. The molecule has 0 bridgehead atoms. The molecule has 0 aliphatic carbocycles. The normalized spacial score (nSPS) is 13.6. The minimum atomic E-state index is -5.58. The van der Waals surface area contributed by atoms with Crippen LogP contribution < -0.4 is 4.74 Å². The van der Waals surface area contributed by atoms with Crippen LogP contribution in [0.5, 0.6) is 11.5 Å². The van der Waals surface area contributed by atoms with Crippen LogP contribution in [0.15, 0.2) is 78.9 Å². The average Bonchev–Trinajstić information content (AvgIpc) is 2.98. The van der Waals surface area contributed by atoms with E-state index in [-0.39, 0.29) is 17.3 Å². The smallest absolute Gasteiger partial charge is 0.453 e. The monoisotopic (exact) mass is 623 g/mol. The molecule has 0 amide bonds. The highest BCUT2D eigenvalue weighted by atomic mass is 32.2. The van der Waals surface area contributed by atoms with E-state index in [2.05, 4.69) is 19.1 Å². The summed E-state index contributed by atoms with van der Waals surface area (Å²) in [4.78, 5) is 1.93. The zero-order valence-electron chi connectivity index (χ0n) is 24.4. The van der Waals surface area contributed by atoms with Crippen molar-refractivity contribution in [3.8, 4) is 11.5 Å². The standard InChI is InChI=1S/C33H38F5NO3S/c1-3-30(25-9-5-4-6-10-25)31(26-11-15-28(40)16-12-26)27-13-17-29(18-14-27)42-22-8-20-39(2)21-24-43(41)23-7-19-32(34,35)33(36,37)38/h4-6,9-18,40H,3,7-8,19-24H2,1-2H3/b31-30+. The molecule has 234 valence electrons. The van der Waals surface area contributed by atoms with Crippen molar-refractivity contribution in [3.05, 3.63) is 95.6 Å². The summed E-state index contributed by atoms with van der Waals surface area (Å²) in [6, 6.07) is 25.2. The Hall–Kier alpha value is -3.24. The molecule has 0 aromatic heterocycles. The number of phenolic OH excluding ortho intramolecular Hbond substituents is 1. The van der Waals surface area contributed by atoms with Crippen molar-refractivity contribution in [2.75, 3.05) is 38.2 Å². The van der Waals surface area contributed by atoms with Gasteiger partial charge in [-0.05, 0) is 78.4 Å². The van der Waals surface area contributed by atoms with E-state index in [4.69, 9.17) is 4.74 Å². The van der Waals surface area contributed by atoms with Gasteiger partial charge in [0.2, 0.25) is 0 Å². The predicted molar refractivity (Wildman–Crippen MR) is 163 cm³/mol. The summed E-state index contributed by atoms with van der Waals surface area (Å²) >= 11 is 0. The van der Waals surface area contributed by atoms with E-state index >= 15 is 0 Å². The molecular weight excluding hydrogens is 585 g/mol. The summed E-state index contributed by atoms with van der Waals surface area (Å²) in [6.07, 6.45) is -5.87. The molecule has 43 heavy (non-hydrogen) atoms. The third-order valence-electron chi connectivity index (χ3n) is 7.01. The van der Waals surface area contributed by atoms with Crippen molar-refractivity contribution in [1.82, 2.24) is 4.90 Å². The lowest BCUT2D eigenvalue weighted by Crippen LogP contribution is -2.36. The Morgan fingerprint density at radius 2 is 1.42 bits per heavy atom. The number of aromatic hydroxyl groups is 1. The van der Waals surface area contributed by atoms with Crippen LogP contribution in [0.1, 0.15) is 49.3 Å². The lowest BCUT2D eigenvalue weighted by molar-refractivity contribution is -0.284. The van der Waals surface area contributed by atoms with Gasteiger partial charge in [0, 0.05) is 41.8 Å². The van der Waals surface area contributed by atoms with E-state index in [0.29, 0.717) is 31.9 Å².